The van der Waals surface area contributed by atoms with Gasteiger partial charge in [0.05, 0.1) is 0 Å². The molecule has 0 heterocycles. The van der Waals surface area contributed by atoms with E-state index in [1.165, 1.54) is 0 Å². The fourth-order valence-corrected chi connectivity index (χ4v) is 1.36. The molecule has 0 aliphatic heterocycles. The summed E-state index contributed by atoms with van der Waals surface area (Å²) in [5, 5.41) is 0.265. The van der Waals surface area contributed by atoms with E-state index in [0.29, 0.717) is 0 Å². The first kappa shape index (κ1) is 10.4. The van der Waals surface area contributed by atoms with Crippen LogP contribution in [0.4, 0.5) is 0 Å². The van der Waals surface area contributed by atoms with E-state index in [1.807, 2.05) is 0 Å². The van der Waals surface area contributed by atoms with Crippen LogP contribution in [0.2, 0.25) is 0 Å². The molecule has 0 saturated carbocycles. The van der Waals surface area contributed by atoms with E-state index in [1.54, 1.807) is 0 Å². The Labute approximate surface area is 86.1 Å². The van der Waals surface area contributed by atoms with Crippen molar-refractivity contribution in [2.45, 2.75) is 24.5 Å². The fourth-order valence-electron chi connectivity index (χ4n) is 1.12. The third-order valence-electron chi connectivity index (χ3n) is 1.82. The second-order valence-corrected chi connectivity index (χ2v) is 3.59. The zero-order chi connectivity index (χ0) is 9.36. The smallest absolute Gasteiger partial charge is 0.0377 e. The van der Waals surface area contributed by atoms with Gasteiger partial charge < -0.3 is 0 Å². The van der Waals surface area contributed by atoms with Crippen LogP contribution in [0, 0.1) is 0 Å². The van der Waals surface area contributed by atoms with Crippen LogP contribution >= 0.6 is 12.6 Å². The topological polar surface area (TPSA) is 0 Å². The van der Waals surface area contributed by atoms with Crippen LogP contribution in [0.15, 0.2) is 48.6 Å². The highest BCUT2D eigenvalue weighted by molar-refractivity contribution is 7.81. The highest BCUT2D eigenvalue weighted by atomic mass is 32.1. The van der Waals surface area contributed by atoms with Gasteiger partial charge in [0.15, 0.2) is 0 Å². The Morgan fingerprint density at radius 3 is 1.54 bits per heavy atom. The molecular weight excluding hydrogens is 176 g/mol. The highest BCUT2D eigenvalue weighted by Gasteiger charge is 1.88. The Balaban J connectivity index is 2.51. The summed E-state index contributed by atoms with van der Waals surface area (Å²) in [4.78, 5) is 0. The molecule has 1 aliphatic carbocycles. The molecule has 0 aromatic heterocycles. The normalized spacial score (nSPS) is 31.3. The number of thiol groups is 1. The molecule has 0 saturated heterocycles. The van der Waals surface area contributed by atoms with Crippen molar-refractivity contribution in [2.24, 2.45) is 0 Å². The molecule has 1 heteroatoms. The van der Waals surface area contributed by atoms with Crippen molar-refractivity contribution in [3.63, 3.8) is 0 Å². The molecule has 1 unspecified atom stereocenters. The molecule has 1 aliphatic rings. The van der Waals surface area contributed by atoms with Crippen molar-refractivity contribution < 1.29 is 0 Å². The molecule has 70 valence electrons. The van der Waals surface area contributed by atoms with Gasteiger partial charge in [-0.15, -0.1) is 0 Å². The van der Waals surface area contributed by atoms with E-state index in [4.69, 9.17) is 0 Å². The van der Waals surface area contributed by atoms with Crippen molar-refractivity contribution in [1.82, 2.24) is 0 Å². The SMILES string of the molecule is SC1C=CC/C=C\C/C=C\C/C=C\1. The van der Waals surface area contributed by atoms with Gasteiger partial charge in [-0.25, -0.2) is 0 Å². The maximum atomic E-state index is 4.40. The summed E-state index contributed by atoms with van der Waals surface area (Å²) < 4.78 is 0. The van der Waals surface area contributed by atoms with E-state index >= 15 is 0 Å². The average molecular weight is 192 g/mol. The first-order valence-electron chi connectivity index (χ1n) is 4.71. The van der Waals surface area contributed by atoms with Gasteiger partial charge in [-0.3, -0.25) is 0 Å². The van der Waals surface area contributed by atoms with Gasteiger partial charge in [0, 0.05) is 5.25 Å². The molecule has 0 aromatic rings. The van der Waals surface area contributed by atoms with Crippen LogP contribution in [0.25, 0.3) is 0 Å². The first-order valence-corrected chi connectivity index (χ1v) is 5.22. The predicted octanol–water partition coefficient (Wildman–Crippen LogP) is 3.69. The van der Waals surface area contributed by atoms with Crippen molar-refractivity contribution in [3.8, 4) is 0 Å². The zero-order valence-electron chi connectivity index (χ0n) is 7.76. The van der Waals surface area contributed by atoms with E-state index in [2.05, 4.69) is 61.2 Å². The summed E-state index contributed by atoms with van der Waals surface area (Å²) in [6, 6.07) is 0. The highest BCUT2D eigenvalue weighted by Crippen LogP contribution is 2.03. The molecule has 0 spiro atoms. The number of hydrogen-bond acceptors (Lipinski definition) is 1. The second-order valence-electron chi connectivity index (χ2n) is 3.00. The second kappa shape index (κ2) is 6.79. The minimum atomic E-state index is 0.265. The largest absolute Gasteiger partial charge is 0.168 e. The van der Waals surface area contributed by atoms with Crippen molar-refractivity contribution in [3.05, 3.63) is 48.6 Å². The Bertz CT molecular complexity index is 210. The van der Waals surface area contributed by atoms with E-state index in [9.17, 15) is 0 Å². The van der Waals surface area contributed by atoms with Crippen LogP contribution in [-0.4, -0.2) is 5.25 Å². The summed E-state index contributed by atoms with van der Waals surface area (Å²) in [5.41, 5.74) is 0. The van der Waals surface area contributed by atoms with Gasteiger partial charge in [0.25, 0.3) is 0 Å². The Morgan fingerprint density at radius 2 is 1.08 bits per heavy atom. The molecule has 0 fully saturated rings. The Hall–Kier alpha value is -0.690. The predicted molar refractivity (Wildman–Crippen MR) is 63.2 cm³/mol. The van der Waals surface area contributed by atoms with Crippen LogP contribution in [0.1, 0.15) is 19.3 Å². The summed E-state index contributed by atoms with van der Waals surface area (Å²) >= 11 is 4.40. The van der Waals surface area contributed by atoms with Gasteiger partial charge in [-0.1, -0.05) is 48.6 Å². The third kappa shape index (κ3) is 5.53. The number of allylic oxidation sites excluding steroid dienone is 6. The van der Waals surface area contributed by atoms with Crippen molar-refractivity contribution in [2.75, 3.05) is 0 Å². The van der Waals surface area contributed by atoms with Gasteiger partial charge in [0.2, 0.25) is 0 Å². The molecule has 0 radical (unpaired) electrons. The minimum Gasteiger partial charge on any atom is -0.168 e. The molecule has 0 nitrogen and oxygen atoms in total. The van der Waals surface area contributed by atoms with Crippen molar-refractivity contribution in [1.29, 1.82) is 0 Å². The molecular formula is C12H16S. The molecule has 13 heavy (non-hydrogen) atoms. The maximum absolute atomic E-state index is 4.40. The van der Waals surface area contributed by atoms with Gasteiger partial charge >= 0.3 is 0 Å². The third-order valence-corrected chi connectivity index (χ3v) is 2.16. The minimum absolute atomic E-state index is 0.265. The summed E-state index contributed by atoms with van der Waals surface area (Å²) in [5.74, 6) is 0. The molecule has 1 rings (SSSR count). The number of rotatable bonds is 0. The lowest BCUT2D eigenvalue weighted by Gasteiger charge is -1.96. The standard InChI is InChI=1S/C12H16S/c13-12-10-8-6-4-2-1-3-5-7-9-11-12/h2-5,8-13H,1,6-7H2/b4-2-,5-3-,10-8-,11-9?. The van der Waals surface area contributed by atoms with Crippen LogP contribution in [0.3, 0.4) is 0 Å². The lowest BCUT2D eigenvalue weighted by atomic mass is 10.2. The molecule has 0 N–H and O–H groups in total. The lowest BCUT2D eigenvalue weighted by Crippen LogP contribution is -1.85. The Kier molecular flexibility index (Phi) is 5.42. The van der Waals surface area contributed by atoms with Crippen LogP contribution < -0.4 is 0 Å². The van der Waals surface area contributed by atoms with E-state index in [-0.39, 0.29) is 5.25 Å². The van der Waals surface area contributed by atoms with Crippen molar-refractivity contribution >= 4 is 12.6 Å². The van der Waals surface area contributed by atoms with Gasteiger partial charge in [-0.05, 0) is 19.3 Å². The maximum Gasteiger partial charge on any atom is 0.0377 e. The molecule has 1 atom stereocenters. The number of hydrogen-bond donors (Lipinski definition) is 1. The van der Waals surface area contributed by atoms with Gasteiger partial charge in [-0.2, -0.15) is 12.6 Å². The van der Waals surface area contributed by atoms with Crippen LogP contribution in [-0.2, 0) is 0 Å². The van der Waals surface area contributed by atoms with E-state index < -0.39 is 0 Å². The quantitative estimate of drug-likeness (QED) is 0.439. The summed E-state index contributed by atoms with van der Waals surface area (Å²) in [6.07, 6.45) is 20.4. The van der Waals surface area contributed by atoms with Gasteiger partial charge in [0.1, 0.15) is 0 Å². The van der Waals surface area contributed by atoms with Crippen LogP contribution in [0.5, 0.6) is 0 Å². The van der Waals surface area contributed by atoms with E-state index in [0.717, 1.165) is 19.3 Å². The summed E-state index contributed by atoms with van der Waals surface area (Å²) in [7, 11) is 0. The monoisotopic (exact) mass is 192 g/mol. The molecule has 0 aromatic carbocycles. The Morgan fingerprint density at radius 1 is 0.692 bits per heavy atom. The molecule has 0 amide bonds. The first-order chi connectivity index (χ1) is 6.39. The fraction of sp³-hybridized carbons (Fsp3) is 0.333. The lowest BCUT2D eigenvalue weighted by molar-refractivity contribution is 1.24. The molecule has 0 bridgehead atoms. The average Bonchev–Trinajstić information content (AvgIpc) is 2.11. The summed E-state index contributed by atoms with van der Waals surface area (Å²) in [6.45, 7) is 0. The zero-order valence-corrected chi connectivity index (χ0v) is 8.66.